The smallest absolute Gasteiger partial charge is 0.237 e. The van der Waals surface area contributed by atoms with Gasteiger partial charge >= 0.3 is 0 Å². The summed E-state index contributed by atoms with van der Waals surface area (Å²) in [5.74, 6) is 0.117. The van der Waals surface area contributed by atoms with Gasteiger partial charge in [0, 0.05) is 7.11 Å². The molecule has 0 heterocycles. The van der Waals surface area contributed by atoms with Crippen molar-refractivity contribution in [2.24, 2.45) is 11.7 Å². The predicted octanol–water partition coefficient (Wildman–Crippen LogP) is 0.653. The van der Waals surface area contributed by atoms with Gasteiger partial charge in [-0.25, -0.2) is 0 Å². The summed E-state index contributed by atoms with van der Waals surface area (Å²) in [6.45, 7) is 3.90. The summed E-state index contributed by atoms with van der Waals surface area (Å²) in [6, 6.07) is -0.268. The zero-order valence-corrected chi connectivity index (χ0v) is 9.82. The van der Waals surface area contributed by atoms with E-state index in [9.17, 15) is 4.79 Å². The molecule has 1 saturated carbocycles. The molecule has 3 unspecified atom stereocenters. The van der Waals surface area contributed by atoms with Crippen molar-refractivity contribution in [2.45, 2.75) is 51.3 Å². The number of rotatable bonds is 4. The van der Waals surface area contributed by atoms with Gasteiger partial charge in [0.2, 0.25) is 5.91 Å². The summed E-state index contributed by atoms with van der Waals surface area (Å²) in [7, 11) is 1.69. The lowest BCUT2D eigenvalue weighted by molar-refractivity contribution is -0.124. The molecule has 0 spiro atoms. The van der Waals surface area contributed by atoms with Crippen LogP contribution in [0, 0.1) is 5.92 Å². The molecular formula is C11H22N2O2. The minimum Gasteiger partial charge on any atom is -0.379 e. The number of carbonyl (C=O) groups is 1. The Morgan fingerprint density at radius 2 is 2.13 bits per heavy atom. The van der Waals surface area contributed by atoms with Gasteiger partial charge < -0.3 is 15.8 Å². The largest absolute Gasteiger partial charge is 0.379 e. The second kappa shape index (κ2) is 5.47. The van der Waals surface area contributed by atoms with Gasteiger partial charge in [-0.05, 0) is 25.2 Å². The summed E-state index contributed by atoms with van der Waals surface area (Å²) in [6.07, 6.45) is 3.29. The van der Waals surface area contributed by atoms with Gasteiger partial charge in [-0.15, -0.1) is 0 Å². The fourth-order valence-corrected chi connectivity index (χ4v) is 1.95. The Morgan fingerprint density at radius 1 is 1.47 bits per heavy atom. The normalized spacial score (nSPS) is 28.1. The van der Waals surface area contributed by atoms with Crippen molar-refractivity contribution < 1.29 is 9.53 Å². The van der Waals surface area contributed by atoms with Gasteiger partial charge in [-0.1, -0.05) is 13.8 Å². The third-order valence-electron chi connectivity index (χ3n) is 3.10. The molecule has 0 aromatic heterocycles. The molecule has 0 aliphatic heterocycles. The highest BCUT2D eigenvalue weighted by Gasteiger charge is 2.30. The van der Waals surface area contributed by atoms with Crippen LogP contribution in [-0.4, -0.2) is 31.2 Å². The molecule has 88 valence electrons. The number of nitrogens with one attached hydrogen (secondary N) is 1. The van der Waals surface area contributed by atoms with Gasteiger partial charge in [0.25, 0.3) is 0 Å². The summed E-state index contributed by atoms with van der Waals surface area (Å²) in [5, 5.41) is 2.97. The highest BCUT2D eigenvalue weighted by molar-refractivity contribution is 5.82. The first kappa shape index (κ1) is 12.5. The Bertz CT molecular complexity index is 219. The maximum atomic E-state index is 11.7. The highest BCUT2D eigenvalue weighted by Crippen LogP contribution is 2.21. The van der Waals surface area contributed by atoms with Gasteiger partial charge in [-0.2, -0.15) is 0 Å². The number of amides is 1. The van der Waals surface area contributed by atoms with Crippen LogP contribution in [0.15, 0.2) is 0 Å². The van der Waals surface area contributed by atoms with Crippen molar-refractivity contribution in [3.63, 3.8) is 0 Å². The fourth-order valence-electron chi connectivity index (χ4n) is 1.95. The third-order valence-corrected chi connectivity index (χ3v) is 3.10. The van der Waals surface area contributed by atoms with E-state index in [-0.39, 0.29) is 24.0 Å². The van der Waals surface area contributed by atoms with Gasteiger partial charge in [0.15, 0.2) is 0 Å². The van der Waals surface area contributed by atoms with Gasteiger partial charge in [-0.3, -0.25) is 4.79 Å². The first-order valence-electron chi connectivity index (χ1n) is 5.65. The molecule has 3 N–H and O–H groups in total. The van der Waals surface area contributed by atoms with Crippen molar-refractivity contribution in [3.8, 4) is 0 Å². The lowest BCUT2D eigenvalue weighted by atomic mass is 10.0. The quantitative estimate of drug-likeness (QED) is 0.722. The number of nitrogens with two attached hydrogens (primary N) is 1. The molecule has 1 amide bonds. The average molecular weight is 214 g/mol. The summed E-state index contributed by atoms with van der Waals surface area (Å²) in [5.41, 5.74) is 5.77. The van der Waals surface area contributed by atoms with Crippen LogP contribution in [0.1, 0.15) is 33.1 Å². The van der Waals surface area contributed by atoms with E-state index in [2.05, 4.69) is 5.32 Å². The van der Waals surface area contributed by atoms with Crippen LogP contribution in [0.4, 0.5) is 0 Å². The third kappa shape index (κ3) is 3.18. The van der Waals surface area contributed by atoms with Crippen LogP contribution in [0.2, 0.25) is 0 Å². The zero-order chi connectivity index (χ0) is 11.4. The second-order valence-corrected chi connectivity index (χ2v) is 4.59. The second-order valence-electron chi connectivity index (χ2n) is 4.59. The van der Waals surface area contributed by atoms with E-state index >= 15 is 0 Å². The van der Waals surface area contributed by atoms with Crippen molar-refractivity contribution in [1.82, 2.24) is 5.32 Å². The lowest BCUT2D eigenvalue weighted by Gasteiger charge is -2.23. The standard InChI is InChI=1S/C11H22N2O2/c1-7(2)10(12)11(14)13-8-5-4-6-9(8)15-3/h7-10H,4-6,12H2,1-3H3,(H,13,14). The monoisotopic (exact) mass is 214 g/mol. The Balaban J connectivity index is 2.43. The van der Waals surface area contributed by atoms with E-state index in [0.717, 1.165) is 19.3 Å². The van der Waals surface area contributed by atoms with Gasteiger partial charge in [0.05, 0.1) is 18.2 Å². The Labute approximate surface area is 91.5 Å². The van der Waals surface area contributed by atoms with Crippen molar-refractivity contribution in [2.75, 3.05) is 7.11 Å². The summed E-state index contributed by atoms with van der Waals surface area (Å²) >= 11 is 0. The minimum absolute atomic E-state index is 0.0565. The van der Waals surface area contributed by atoms with E-state index in [0.29, 0.717) is 0 Å². The summed E-state index contributed by atoms with van der Waals surface area (Å²) < 4.78 is 5.31. The first-order chi connectivity index (χ1) is 7.06. The van der Waals surface area contributed by atoms with E-state index in [1.807, 2.05) is 13.8 Å². The van der Waals surface area contributed by atoms with Crippen molar-refractivity contribution >= 4 is 5.91 Å². The molecule has 0 aromatic carbocycles. The molecule has 1 fully saturated rings. The van der Waals surface area contributed by atoms with Crippen molar-refractivity contribution in [3.05, 3.63) is 0 Å². The molecular weight excluding hydrogens is 192 g/mol. The molecule has 1 aliphatic rings. The van der Waals surface area contributed by atoms with E-state index in [4.69, 9.17) is 10.5 Å². The molecule has 0 aromatic rings. The molecule has 0 saturated heterocycles. The van der Waals surface area contributed by atoms with Crippen molar-refractivity contribution in [1.29, 1.82) is 0 Å². The van der Waals surface area contributed by atoms with Crippen LogP contribution in [0.5, 0.6) is 0 Å². The van der Waals surface area contributed by atoms with Crippen LogP contribution >= 0.6 is 0 Å². The average Bonchev–Trinajstić information content (AvgIpc) is 2.63. The number of methoxy groups -OCH3 is 1. The number of hydrogen-bond donors (Lipinski definition) is 2. The predicted molar refractivity (Wildman–Crippen MR) is 59.4 cm³/mol. The lowest BCUT2D eigenvalue weighted by Crippen LogP contribution is -2.50. The zero-order valence-electron chi connectivity index (χ0n) is 9.82. The fraction of sp³-hybridized carbons (Fsp3) is 0.909. The molecule has 1 aliphatic carbocycles. The minimum atomic E-state index is -0.414. The topological polar surface area (TPSA) is 64.3 Å². The Hall–Kier alpha value is -0.610. The van der Waals surface area contributed by atoms with E-state index in [1.54, 1.807) is 7.11 Å². The van der Waals surface area contributed by atoms with Crippen LogP contribution in [-0.2, 0) is 9.53 Å². The number of ether oxygens (including phenoxy) is 1. The molecule has 0 bridgehead atoms. The Kier molecular flexibility index (Phi) is 4.54. The van der Waals surface area contributed by atoms with Crippen LogP contribution in [0.3, 0.4) is 0 Å². The molecule has 3 atom stereocenters. The van der Waals surface area contributed by atoms with Gasteiger partial charge in [0.1, 0.15) is 0 Å². The Morgan fingerprint density at radius 3 is 2.67 bits per heavy atom. The number of hydrogen-bond acceptors (Lipinski definition) is 3. The molecule has 15 heavy (non-hydrogen) atoms. The molecule has 0 radical (unpaired) electrons. The van der Waals surface area contributed by atoms with E-state index in [1.165, 1.54) is 0 Å². The SMILES string of the molecule is COC1CCCC1NC(=O)C(N)C(C)C. The highest BCUT2D eigenvalue weighted by atomic mass is 16.5. The van der Waals surface area contributed by atoms with Crippen LogP contribution in [0.25, 0.3) is 0 Å². The molecule has 4 heteroatoms. The number of carbonyl (C=O) groups excluding carboxylic acids is 1. The van der Waals surface area contributed by atoms with Crippen LogP contribution < -0.4 is 11.1 Å². The first-order valence-corrected chi connectivity index (χ1v) is 5.65. The summed E-state index contributed by atoms with van der Waals surface area (Å²) in [4.78, 5) is 11.7. The molecule has 4 nitrogen and oxygen atoms in total. The van der Waals surface area contributed by atoms with E-state index < -0.39 is 6.04 Å². The maximum absolute atomic E-state index is 11.7. The molecule has 1 rings (SSSR count). The maximum Gasteiger partial charge on any atom is 0.237 e.